The first-order valence-electron chi connectivity index (χ1n) is 6.19. The van der Waals surface area contributed by atoms with Gasteiger partial charge in [-0.1, -0.05) is 5.57 Å². The van der Waals surface area contributed by atoms with Crippen LogP contribution in [0, 0.1) is 6.92 Å². The second-order valence-corrected chi connectivity index (χ2v) is 4.65. The number of rotatable bonds is 4. The summed E-state index contributed by atoms with van der Waals surface area (Å²) in [5.41, 5.74) is 2.48. The maximum Gasteiger partial charge on any atom is 0.352 e. The Morgan fingerprint density at radius 1 is 1.58 bits per heavy atom. The van der Waals surface area contributed by atoms with Gasteiger partial charge in [0.1, 0.15) is 6.61 Å². The van der Waals surface area contributed by atoms with Gasteiger partial charge in [0.2, 0.25) is 0 Å². The molecule has 0 aromatic carbocycles. The monoisotopic (exact) mass is 260 g/mol. The summed E-state index contributed by atoms with van der Waals surface area (Å²) in [4.78, 5) is 11.3. The highest BCUT2D eigenvalue weighted by Crippen LogP contribution is 2.20. The molecular formula is C15H16O4. The van der Waals surface area contributed by atoms with Crippen molar-refractivity contribution in [3.63, 3.8) is 0 Å². The number of allylic oxidation sites excluding steroid dienone is 1. The highest BCUT2D eigenvalue weighted by Gasteiger charge is 2.16. The van der Waals surface area contributed by atoms with E-state index >= 15 is 0 Å². The molecule has 0 fully saturated rings. The minimum atomic E-state index is -0.218. The summed E-state index contributed by atoms with van der Waals surface area (Å²) in [6.07, 6.45) is 6.34. The van der Waals surface area contributed by atoms with Crippen LogP contribution in [0.5, 0.6) is 5.75 Å². The van der Waals surface area contributed by atoms with Crippen molar-refractivity contribution in [1.82, 2.24) is 0 Å². The molecule has 1 aliphatic rings. The Labute approximate surface area is 112 Å². The Balaban J connectivity index is 1.98. The summed E-state index contributed by atoms with van der Waals surface area (Å²) in [6.45, 7) is 4.11. The summed E-state index contributed by atoms with van der Waals surface area (Å²) in [6, 6.07) is 1.72. The minimum Gasteiger partial charge on any atom is -0.866 e. The standard InChI is InChI=1S/C15H16O4/c1-10(3-4-12-5-6-18-15(12)17)7-13-8-11(2)14(16)9-19-13/h5,7-9H,3-4,6H2,1-2H3/b10-7-. The fraction of sp³-hybridized carbons (Fsp3) is 0.333. The summed E-state index contributed by atoms with van der Waals surface area (Å²) in [7, 11) is 0. The number of carbonyl (C=O) groups excluding carboxylic acids is 1. The van der Waals surface area contributed by atoms with Crippen molar-refractivity contribution in [2.24, 2.45) is 0 Å². The van der Waals surface area contributed by atoms with Gasteiger partial charge in [-0.25, -0.2) is 9.21 Å². The van der Waals surface area contributed by atoms with E-state index in [1.165, 1.54) is 6.26 Å². The number of hydrogen-bond acceptors (Lipinski definition) is 3. The summed E-state index contributed by atoms with van der Waals surface area (Å²) in [5, 5.41) is 11.2. The molecule has 0 atom stereocenters. The Hall–Kier alpha value is -2.10. The van der Waals surface area contributed by atoms with Crippen LogP contribution in [0.2, 0.25) is 0 Å². The van der Waals surface area contributed by atoms with E-state index in [-0.39, 0.29) is 11.7 Å². The number of carbonyl (C=O) groups is 1. The van der Waals surface area contributed by atoms with E-state index in [0.717, 1.165) is 17.6 Å². The molecule has 0 spiro atoms. The van der Waals surface area contributed by atoms with Crippen molar-refractivity contribution in [2.45, 2.75) is 26.7 Å². The van der Waals surface area contributed by atoms with E-state index in [1.807, 2.05) is 19.1 Å². The van der Waals surface area contributed by atoms with Gasteiger partial charge in [0.05, 0.1) is 0 Å². The Morgan fingerprint density at radius 3 is 3.00 bits per heavy atom. The second kappa shape index (κ2) is 5.69. The van der Waals surface area contributed by atoms with Crippen LogP contribution in [-0.4, -0.2) is 12.6 Å². The summed E-state index contributed by atoms with van der Waals surface area (Å²) < 4.78 is 10.0. The number of ether oxygens (including phenoxy) is 1. The van der Waals surface area contributed by atoms with Crippen LogP contribution in [0.15, 0.2) is 34.0 Å². The third kappa shape index (κ3) is 3.44. The van der Waals surface area contributed by atoms with Gasteiger partial charge in [-0.3, -0.25) is 0 Å². The van der Waals surface area contributed by atoms with Crippen LogP contribution in [0.25, 0.3) is 6.08 Å². The number of hydrogen-bond donors (Lipinski definition) is 0. The minimum absolute atomic E-state index is 0.103. The van der Waals surface area contributed by atoms with Crippen molar-refractivity contribution >= 4 is 12.0 Å². The first-order valence-corrected chi connectivity index (χ1v) is 6.19. The van der Waals surface area contributed by atoms with E-state index in [0.29, 0.717) is 24.4 Å². The van der Waals surface area contributed by atoms with Crippen molar-refractivity contribution in [2.75, 3.05) is 6.61 Å². The first-order chi connectivity index (χ1) is 9.06. The van der Waals surface area contributed by atoms with Crippen LogP contribution in [0.4, 0.5) is 0 Å². The quantitative estimate of drug-likeness (QED) is 0.616. The van der Waals surface area contributed by atoms with E-state index in [9.17, 15) is 9.90 Å². The molecule has 0 saturated carbocycles. The van der Waals surface area contributed by atoms with Crippen LogP contribution >= 0.6 is 0 Å². The smallest absolute Gasteiger partial charge is 0.352 e. The van der Waals surface area contributed by atoms with Crippen molar-refractivity contribution < 1.29 is 19.1 Å². The van der Waals surface area contributed by atoms with Crippen LogP contribution < -0.4 is 5.11 Å². The number of esters is 1. The average Bonchev–Trinajstić information content (AvgIpc) is 2.77. The fourth-order valence-electron chi connectivity index (χ4n) is 1.85. The second-order valence-electron chi connectivity index (χ2n) is 4.65. The molecule has 100 valence electrons. The molecule has 4 heteroatoms. The zero-order valence-corrected chi connectivity index (χ0v) is 11.1. The topological polar surface area (TPSA) is 60.7 Å². The van der Waals surface area contributed by atoms with Gasteiger partial charge in [-0.15, -0.1) is 0 Å². The molecule has 2 rings (SSSR count). The van der Waals surface area contributed by atoms with Crippen molar-refractivity contribution in [3.05, 3.63) is 40.9 Å². The maximum absolute atomic E-state index is 11.3. The molecule has 1 aromatic rings. The normalized spacial score (nSPS) is 15.4. The lowest BCUT2D eigenvalue weighted by Crippen LogP contribution is -1.99. The van der Waals surface area contributed by atoms with Crippen LogP contribution in [0.1, 0.15) is 31.1 Å². The molecule has 1 aromatic heterocycles. The zero-order chi connectivity index (χ0) is 13.8. The number of cyclic esters (lactones) is 1. The molecule has 0 radical (unpaired) electrons. The molecule has 4 nitrogen and oxygen atoms in total. The first kappa shape index (κ1) is 13.3. The summed E-state index contributed by atoms with van der Waals surface area (Å²) in [5.74, 6) is 0.329. The van der Waals surface area contributed by atoms with Crippen molar-refractivity contribution in [1.29, 1.82) is 0 Å². The lowest BCUT2D eigenvalue weighted by molar-refractivity contribution is -0.271. The molecule has 0 bridgehead atoms. The fourth-order valence-corrected chi connectivity index (χ4v) is 1.85. The summed E-state index contributed by atoms with van der Waals surface area (Å²) >= 11 is 0. The molecular weight excluding hydrogens is 244 g/mol. The van der Waals surface area contributed by atoms with Gasteiger partial charge in [0.15, 0.2) is 0 Å². The average molecular weight is 260 g/mol. The van der Waals surface area contributed by atoms with E-state index in [2.05, 4.69) is 0 Å². The van der Waals surface area contributed by atoms with Gasteiger partial charge >= 0.3 is 18.0 Å². The maximum atomic E-state index is 11.3. The zero-order valence-electron chi connectivity index (χ0n) is 11.1. The Morgan fingerprint density at radius 2 is 2.37 bits per heavy atom. The Bertz CT molecular complexity index is 555. The van der Waals surface area contributed by atoms with Gasteiger partial charge in [-0.2, -0.15) is 0 Å². The van der Waals surface area contributed by atoms with Crippen LogP contribution in [-0.2, 0) is 9.53 Å². The number of aryl methyl sites for hydroxylation is 1. The molecule has 1 aliphatic heterocycles. The highest BCUT2D eigenvalue weighted by molar-refractivity contribution is 5.90. The van der Waals surface area contributed by atoms with E-state index in [1.54, 1.807) is 13.0 Å². The Kier molecular flexibility index (Phi) is 4.00. The predicted octanol–water partition coefficient (Wildman–Crippen LogP) is 2.61. The largest absolute Gasteiger partial charge is 0.866 e. The molecule has 19 heavy (non-hydrogen) atoms. The van der Waals surface area contributed by atoms with E-state index in [4.69, 9.17) is 9.15 Å². The predicted molar refractivity (Wildman–Crippen MR) is 69.2 cm³/mol. The SMILES string of the molecule is C/C(=C/c1cc(C)c([O-])c[o+]1)CCC1=CCOC1=O. The van der Waals surface area contributed by atoms with Gasteiger partial charge in [0.25, 0.3) is 0 Å². The van der Waals surface area contributed by atoms with Gasteiger partial charge in [0, 0.05) is 17.7 Å². The van der Waals surface area contributed by atoms with E-state index < -0.39 is 0 Å². The lowest BCUT2D eigenvalue weighted by atomic mass is 10.1. The molecule has 0 unspecified atom stereocenters. The molecule has 2 heterocycles. The molecule has 0 N–H and O–H groups in total. The van der Waals surface area contributed by atoms with Gasteiger partial charge < -0.3 is 9.84 Å². The van der Waals surface area contributed by atoms with Gasteiger partial charge in [-0.05, 0) is 44.1 Å². The lowest BCUT2D eigenvalue weighted by Gasteiger charge is -2.02. The molecule has 0 amide bonds. The third-order valence-corrected chi connectivity index (χ3v) is 3.03. The van der Waals surface area contributed by atoms with Crippen LogP contribution in [0.3, 0.4) is 0 Å². The van der Waals surface area contributed by atoms with Crippen molar-refractivity contribution in [3.8, 4) is 5.75 Å². The highest BCUT2D eigenvalue weighted by atomic mass is 16.5. The molecule has 0 aliphatic carbocycles. The molecule has 0 saturated heterocycles. The third-order valence-electron chi connectivity index (χ3n) is 3.03.